The SMILES string of the molecule is Cc1ccc(C(Br)c2ccc3c(c2)OCCO3)c(F)c1. The van der Waals surface area contributed by atoms with Crippen LogP contribution in [0.1, 0.15) is 21.5 Å². The highest BCUT2D eigenvalue weighted by Gasteiger charge is 2.18. The molecule has 0 radical (unpaired) electrons. The quantitative estimate of drug-likeness (QED) is 0.757. The summed E-state index contributed by atoms with van der Waals surface area (Å²) in [6.07, 6.45) is 0. The van der Waals surface area contributed by atoms with Crippen LogP contribution in [0.2, 0.25) is 0 Å². The van der Waals surface area contributed by atoms with Gasteiger partial charge in [0, 0.05) is 5.56 Å². The van der Waals surface area contributed by atoms with Crippen LogP contribution in [0.5, 0.6) is 11.5 Å². The van der Waals surface area contributed by atoms with Crippen molar-refractivity contribution < 1.29 is 13.9 Å². The van der Waals surface area contributed by atoms with E-state index in [1.54, 1.807) is 12.1 Å². The van der Waals surface area contributed by atoms with Gasteiger partial charge in [-0.2, -0.15) is 0 Å². The molecule has 0 bridgehead atoms. The summed E-state index contributed by atoms with van der Waals surface area (Å²) in [5.41, 5.74) is 2.47. The summed E-state index contributed by atoms with van der Waals surface area (Å²) in [6, 6.07) is 10.9. The van der Waals surface area contributed by atoms with Crippen molar-refractivity contribution in [1.82, 2.24) is 0 Å². The first-order valence-electron chi connectivity index (χ1n) is 6.45. The minimum absolute atomic E-state index is 0.207. The largest absolute Gasteiger partial charge is 0.486 e. The molecule has 0 amide bonds. The number of halogens is 2. The van der Waals surface area contributed by atoms with Gasteiger partial charge in [-0.1, -0.05) is 34.1 Å². The molecule has 1 aliphatic rings. The van der Waals surface area contributed by atoms with Crippen molar-refractivity contribution in [2.24, 2.45) is 0 Å². The highest BCUT2D eigenvalue weighted by Crippen LogP contribution is 2.38. The molecule has 0 fully saturated rings. The van der Waals surface area contributed by atoms with E-state index in [-0.39, 0.29) is 10.6 Å². The van der Waals surface area contributed by atoms with Gasteiger partial charge in [-0.25, -0.2) is 4.39 Å². The Labute approximate surface area is 125 Å². The fourth-order valence-corrected chi connectivity index (χ4v) is 2.89. The summed E-state index contributed by atoms with van der Waals surface area (Å²) in [4.78, 5) is -0.209. The normalized spacial score (nSPS) is 14.9. The maximum Gasteiger partial charge on any atom is 0.161 e. The van der Waals surface area contributed by atoms with Crippen molar-refractivity contribution in [3.63, 3.8) is 0 Å². The molecular formula is C16H14BrFO2. The van der Waals surface area contributed by atoms with Crippen LogP contribution in [0.4, 0.5) is 4.39 Å². The number of benzene rings is 2. The van der Waals surface area contributed by atoms with Gasteiger partial charge in [-0.3, -0.25) is 0 Å². The van der Waals surface area contributed by atoms with Gasteiger partial charge in [0.15, 0.2) is 11.5 Å². The van der Waals surface area contributed by atoms with Gasteiger partial charge >= 0.3 is 0 Å². The molecule has 3 rings (SSSR count). The van der Waals surface area contributed by atoms with Crippen molar-refractivity contribution in [3.05, 3.63) is 58.9 Å². The second kappa shape index (κ2) is 5.44. The first kappa shape index (κ1) is 13.4. The molecule has 4 heteroatoms. The minimum Gasteiger partial charge on any atom is -0.486 e. The second-order valence-electron chi connectivity index (χ2n) is 4.79. The Kier molecular flexibility index (Phi) is 3.66. The summed E-state index contributed by atoms with van der Waals surface area (Å²) in [5.74, 6) is 1.25. The Morgan fingerprint density at radius 3 is 2.55 bits per heavy atom. The molecule has 0 aliphatic carbocycles. The maximum absolute atomic E-state index is 14.0. The van der Waals surface area contributed by atoms with E-state index < -0.39 is 0 Å². The molecule has 2 aromatic carbocycles. The van der Waals surface area contributed by atoms with E-state index >= 15 is 0 Å². The third-order valence-electron chi connectivity index (χ3n) is 3.29. The molecule has 1 atom stereocenters. The lowest BCUT2D eigenvalue weighted by Gasteiger charge is -2.20. The molecule has 0 aromatic heterocycles. The monoisotopic (exact) mass is 336 g/mol. The number of hydrogen-bond donors (Lipinski definition) is 0. The van der Waals surface area contributed by atoms with Crippen LogP contribution in [0.15, 0.2) is 36.4 Å². The maximum atomic E-state index is 14.0. The van der Waals surface area contributed by atoms with Crippen molar-refractivity contribution in [2.75, 3.05) is 13.2 Å². The van der Waals surface area contributed by atoms with Crippen molar-refractivity contribution in [3.8, 4) is 11.5 Å². The van der Waals surface area contributed by atoms with Crippen LogP contribution in [-0.4, -0.2) is 13.2 Å². The average molecular weight is 337 g/mol. The van der Waals surface area contributed by atoms with Gasteiger partial charge in [0.05, 0.1) is 4.83 Å². The molecule has 1 aliphatic heterocycles. The van der Waals surface area contributed by atoms with Crippen LogP contribution in [0, 0.1) is 12.7 Å². The molecule has 2 nitrogen and oxygen atoms in total. The highest BCUT2D eigenvalue weighted by atomic mass is 79.9. The van der Waals surface area contributed by atoms with Crippen LogP contribution in [0.3, 0.4) is 0 Å². The van der Waals surface area contributed by atoms with E-state index in [1.807, 2.05) is 31.2 Å². The summed E-state index contributed by atoms with van der Waals surface area (Å²) in [7, 11) is 0. The summed E-state index contributed by atoms with van der Waals surface area (Å²) in [5, 5.41) is 0. The molecular weight excluding hydrogens is 323 g/mol. The number of hydrogen-bond acceptors (Lipinski definition) is 2. The molecule has 1 heterocycles. The summed E-state index contributed by atoms with van der Waals surface area (Å²) < 4.78 is 25.1. The zero-order valence-electron chi connectivity index (χ0n) is 11.0. The first-order valence-corrected chi connectivity index (χ1v) is 7.36. The van der Waals surface area contributed by atoms with Crippen molar-refractivity contribution >= 4 is 15.9 Å². The minimum atomic E-state index is -0.209. The first-order chi connectivity index (χ1) is 9.65. The van der Waals surface area contributed by atoms with Crippen LogP contribution >= 0.6 is 15.9 Å². The standard InChI is InChI=1S/C16H14BrFO2/c1-10-2-4-12(13(18)8-10)16(17)11-3-5-14-15(9-11)20-7-6-19-14/h2-5,8-9,16H,6-7H2,1H3. The zero-order valence-corrected chi connectivity index (χ0v) is 12.6. The van der Waals surface area contributed by atoms with Gasteiger partial charge in [0.1, 0.15) is 19.0 Å². The van der Waals surface area contributed by atoms with Gasteiger partial charge in [-0.15, -0.1) is 0 Å². The predicted octanol–water partition coefficient (Wildman–Crippen LogP) is 4.39. The van der Waals surface area contributed by atoms with Gasteiger partial charge in [-0.05, 0) is 36.2 Å². The van der Waals surface area contributed by atoms with E-state index in [2.05, 4.69) is 15.9 Å². The van der Waals surface area contributed by atoms with Crippen molar-refractivity contribution in [1.29, 1.82) is 0 Å². The van der Waals surface area contributed by atoms with E-state index in [9.17, 15) is 4.39 Å². The summed E-state index contributed by atoms with van der Waals surface area (Å²) >= 11 is 3.56. The number of alkyl halides is 1. The van der Waals surface area contributed by atoms with Crippen LogP contribution in [-0.2, 0) is 0 Å². The molecule has 0 spiro atoms. The molecule has 0 N–H and O–H groups in total. The molecule has 1 unspecified atom stereocenters. The Morgan fingerprint density at radius 1 is 1.05 bits per heavy atom. The Morgan fingerprint density at radius 2 is 1.80 bits per heavy atom. The average Bonchev–Trinajstić information content (AvgIpc) is 2.46. The smallest absolute Gasteiger partial charge is 0.161 e. The van der Waals surface area contributed by atoms with Gasteiger partial charge in [0.2, 0.25) is 0 Å². The second-order valence-corrected chi connectivity index (χ2v) is 5.71. The van der Waals surface area contributed by atoms with Crippen molar-refractivity contribution in [2.45, 2.75) is 11.8 Å². The third-order valence-corrected chi connectivity index (χ3v) is 4.31. The fourth-order valence-electron chi connectivity index (χ4n) is 2.23. The fraction of sp³-hybridized carbons (Fsp3) is 0.250. The lowest BCUT2D eigenvalue weighted by Crippen LogP contribution is -2.15. The Bertz CT molecular complexity index is 642. The van der Waals surface area contributed by atoms with E-state index in [0.29, 0.717) is 24.5 Å². The predicted molar refractivity (Wildman–Crippen MR) is 79.3 cm³/mol. The molecule has 2 aromatic rings. The highest BCUT2D eigenvalue weighted by molar-refractivity contribution is 9.09. The number of ether oxygens (including phenoxy) is 2. The molecule has 20 heavy (non-hydrogen) atoms. The lowest BCUT2D eigenvalue weighted by atomic mass is 10.0. The van der Waals surface area contributed by atoms with Crippen LogP contribution in [0.25, 0.3) is 0 Å². The zero-order chi connectivity index (χ0) is 14.1. The number of aryl methyl sites for hydroxylation is 1. The number of fused-ring (bicyclic) bond motifs is 1. The molecule has 104 valence electrons. The Hall–Kier alpha value is -1.55. The summed E-state index contributed by atoms with van der Waals surface area (Å²) in [6.45, 7) is 2.99. The molecule has 0 saturated carbocycles. The van der Waals surface area contributed by atoms with Gasteiger partial charge < -0.3 is 9.47 Å². The number of rotatable bonds is 2. The third kappa shape index (κ3) is 2.52. The van der Waals surface area contributed by atoms with Crippen LogP contribution < -0.4 is 9.47 Å². The van der Waals surface area contributed by atoms with E-state index in [0.717, 1.165) is 16.9 Å². The lowest BCUT2D eigenvalue weighted by molar-refractivity contribution is 0.171. The molecule has 0 saturated heterocycles. The Balaban J connectivity index is 1.95. The van der Waals surface area contributed by atoms with E-state index in [1.165, 1.54) is 0 Å². The topological polar surface area (TPSA) is 18.5 Å². The van der Waals surface area contributed by atoms with E-state index in [4.69, 9.17) is 9.47 Å². The van der Waals surface area contributed by atoms with Gasteiger partial charge in [0.25, 0.3) is 0 Å².